The minimum atomic E-state index is -2.86. The molecule has 6 heavy (non-hydrogen) atoms. The number of hydrogen-bond donors (Lipinski definition) is 2. The molecule has 0 spiro atoms. The topological polar surface area (TPSA) is 95.4 Å². The Morgan fingerprint density at radius 1 is 1.67 bits per heavy atom. The minimum absolute atomic E-state index is 0. The van der Waals surface area contributed by atoms with Gasteiger partial charge in [-0.25, -0.2) is 4.21 Å². The fourth-order valence-electron chi connectivity index (χ4n) is 0. The van der Waals surface area contributed by atoms with Gasteiger partial charge in [-0.2, -0.15) is 0 Å². The van der Waals surface area contributed by atoms with Gasteiger partial charge in [-0.05, 0) is 0 Å². The monoisotopic (exact) mass is 121 g/mol. The van der Waals surface area contributed by atoms with E-state index >= 15 is 0 Å². The van der Waals surface area contributed by atoms with Gasteiger partial charge in [0.15, 0.2) is 0 Å². The second-order valence-corrected chi connectivity index (χ2v) is 0.651. The molecule has 0 rings (SSSR count). The van der Waals surface area contributed by atoms with Crippen LogP contribution in [0.4, 0.5) is 0 Å². The van der Waals surface area contributed by atoms with E-state index < -0.39 is 11.4 Å². The molecule has 0 saturated carbocycles. The largest absolute Gasteiger partial charge is 1.00 e. The Balaban J connectivity index is -0.0000000450. The van der Waals surface area contributed by atoms with E-state index in [1.54, 1.807) is 0 Å². The van der Waals surface area contributed by atoms with Gasteiger partial charge in [-0.15, -0.1) is 0 Å². The van der Waals surface area contributed by atoms with Gasteiger partial charge in [-0.3, -0.25) is 0 Å². The van der Waals surface area contributed by atoms with Gasteiger partial charge in [0.05, 0.1) is 11.4 Å². The van der Waals surface area contributed by atoms with Crippen molar-refractivity contribution in [1.82, 2.24) is 6.15 Å². The number of hydrogen-bond acceptors (Lipinski definition) is 3. The van der Waals surface area contributed by atoms with Crippen LogP contribution in [0.25, 0.3) is 0 Å². The Morgan fingerprint density at radius 3 is 1.67 bits per heavy atom. The van der Waals surface area contributed by atoms with Gasteiger partial charge in [-0.1, -0.05) is 0 Å². The predicted molar refractivity (Wildman–Crippen MR) is 16.6 cm³/mol. The van der Waals surface area contributed by atoms with Crippen molar-refractivity contribution in [1.29, 1.82) is 0 Å². The molecule has 0 aliphatic carbocycles. The Labute approximate surface area is 60.3 Å². The maximum atomic E-state index is 8.56. The molecule has 0 aromatic heterocycles. The van der Waals surface area contributed by atoms with Crippen LogP contribution in [0, 0.1) is 0 Å². The van der Waals surface area contributed by atoms with Crippen molar-refractivity contribution in [2.24, 2.45) is 0 Å². The molecule has 0 fully saturated rings. The van der Waals surface area contributed by atoms with Crippen molar-refractivity contribution in [3.05, 3.63) is 0 Å². The molecule has 0 saturated heterocycles. The predicted octanol–water partition coefficient (Wildman–Crippen LogP) is -3.50. The smallest absolute Gasteiger partial charge is 0.750 e. The summed E-state index contributed by atoms with van der Waals surface area (Å²) >= 11 is -2.86. The second-order valence-electron chi connectivity index (χ2n) is 0.217. The molecule has 34 valence electrons. The standard InChI is InChI=1S/H3N.Na.H2O3S/c;;1-4(2)3/h1H3;;(H2,1,2,3)/q;+1;/p-1. The molecule has 0 aliphatic heterocycles. The van der Waals surface area contributed by atoms with Crippen LogP contribution in [0.3, 0.4) is 0 Å². The molecule has 0 aromatic rings. The fourth-order valence-corrected chi connectivity index (χ4v) is 0. The Hall–Kier alpha value is 1.03. The van der Waals surface area contributed by atoms with E-state index in [4.69, 9.17) is 13.3 Å². The molecule has 0 amide bonds. The summed E-state index contributed by atoms with van der Waals surface area (Å²) in [6.07, 6.45) is 0. The quantitative estimate of drug-likeness (QED) is 0.257. The molecular formula is H4NNaO3S. The van der Waals surface area contributed by atoms with E-state index in [0.717, 1.165) is 0 Å². The summed E-state index contributed by atoms with van der Waals surface area (Å²) in [6, 6.07) is 0. The SMILES string of the molecule is N.O=S([O-])O.[Na+]. The Morgan fingerprint density at radius 2 is 1.67 bits per heavy atom. The van der Waals surface area contributed by atoms with Crippen molar-refractivity contribution in [2.45, 2.75) is 0 Å². The van der Waals surface area contributed by atoms with Crippen LogP contribution in [0.5, 0.6) is 0 Å². The molecule has 1 atom stereocenters. The number of rotatable bonds is 0. The normalized spacial score (nSPS) is 10.3. The van der Waals surface area contributed by atoms with Gasteiger partial charge in [0, 0.05) is 0 Å². The van der Waals surface area contributed by atoms with E-state index in [2.05, 4.69) is 0 Å². The molecule has 1 unspecified atom stereocenters. The average Bonchev–Trinajstić information content (AvgIpc) is 0.811. The summed E-state index contributed by atoms with van der Waals surface area (Å²) in [5.74, 6) is 0. The maximum absolute atomic E-state index is 8.56. The van der Waals surface area contributed by atoms with E-state index in [1.807, 2.05) is 0 Å². The molecular weight excluding hydrogens is 117 g/mol. The van der Waals surface area contributed by atoms with Crippen LogP contribution in [0.1, 0.15) is 0 Å². The zero-order chi connectivity index (χ0) is 3.58. The summed E-state index contributed by atoms with van der Waals surface area (Å²) in [5, 5.41) is 0. The van der Waals surface area contributed by atoms with Crippen molar-refractivity contribution in [3.63, 3.8) is 0 Å². The van der Waals surface area contributed by atoms with Crippen LogP contribution in [-0.2, 0) is 11.4 Å². The molecule has 0 bridgehead atoms. The Kier molecular flexibility index (Phi) is 24.6. The summed E-state index contributed by atoms with van der Waals surface area (Å²) in [4.78, 5) is 0. The first-order valence-electron chi connectivity index (χ1n) is 0.516. The molecule has 0 aromatic carbocycles. The first-order chi connectivity index (χ1) is 1.73. The first kappa shape index (κ1) is 15.7. The summed E-state index contributed by atoms with van der Waals surface area (Å²) in [7, 11) is 0. The molecule has 4 nitrogen and oxygen atoms in total. The van der Waals surface area contributed by atoms with Gasteiger partial charge in [0.1, 0.15) is 0 Å². The van der Waals surface area contributed by atoms with Crippen molar-refractivity contribution in [3.8, 4) is 0 Å². The minimum Gasteiger partial charge on any atom is -0.750 e. The molecule has 0 radical (unpaired) electrons. The zero-order valence-corrected chi connectivity index (χ0v) is 6.20. The molecule has 0 aliphatic rings. The second kappa shape index (κ2) is 9.39. The Bertz CT molecular complexity index is 33.8. The molecule has 0 heterocycles. The maximum Gasteiger partial charge on any atom is 1.00 e. The van der Waals surface area contributed by atoms with Crippen molar-refractivity contribution < 1.29 is 42.9 Å². The van der Waals surface area contributed by atoms with Gasteiger partial charge < -0.3 is 15.3 Å². The van der Waals surface area contributed by atoms with E-state index in [0.29, 0.717) is 0 Å². The summed E-state index contributed by atoms with van der Waals surface area (Å²) in [5.41, 5.74) is 0. The average molecular weight is 121 g/mol. The van der Waals surface area contributed by atoms with Gasteiger partial charge in [0.2, 0.25) is 0 Å². The summed E-state index contributed by atoms with van der Waals surface area (Å²) < 4.78 is 24.1. The third-order valence-corrected chi connectivity index (χ3v) is 0. The molecule has 4 N–H and O–H groups in total. The van der Waals surface area contributed by atoms with Crippen LogP contribution in [-0.4, -0.2) is 13.3 Å². The molecule has 6 heteroatoms. The van der Waals surface area contributed by atoms with Crippen LogP contribution < -0.4 is 35.7 Å². The third-order valence-electron chi connectivity index (χ3n) is 0. The van der Waals surface area contributed by atoms with Gasteiger partial charge >= 0.3 is 29.6 Å². The van der Waals surface area contributed by atoms with Crippen LogP contribution in [0.2, 0.25) is 0 Å². The fraction of sp³-hybridized carbons (Fsp3) is 0. The van der Waals surface area contributed by atoms with Crippen LogP contribution >= 0.6 is 0 Å². The summed E-state index contributed by atoms with van der Waals surface area (Å²) in [6.45, 7) is 0. The van der Waals surface area contributed by atoms with Crippen molar-refractivity contribution in [2.75, 3.05) is 0 Å². The van der Waals surface area contributed by atoms with E-state index in [1.165, 1.54) is 0 Å². The third kappa shape index (κ3) is 77.0. The first-order valence-corrected chi connectivity index (χ1v) is 1.55. The zero-order valence-electron chi connectivity index (χ0n) is 3.38. The van der Waals surface area contributed by atoms with E-state index in [9.17, 15) is 0 Å². The van der Waals surface area contributed by atoms with Gasteiger partial charge in [0.25, 0.3) is 0 Å². The van der Waals surface area contributed by atoms with Crippen molar-refractivity contribution >= 4 is 11.4 Å². The van der Waals surface area contributed by atoms with Crippen LogP contribution in [0.15, 0.2) is 0 Å². The van der Waals surface area contributed by atoms with E-state index in [-0.39, 0.29) is 35.7 Å².